The maximum Gasteiger partial charge on any atom is 0.137 e. The fraction of sp³-hybridized carbons (Fsp3) is 0.938. The van der Waals surface area contributed by atoms with Crippen molar-refractivity contribution in [1.82, 2.24) is 4.90 Å². The van der Waals surface area contributed by atoms with Crippen molar-refractivity contribution in [3.05, 3.63) is 0 Å². The highest BCUT2D eigenvalue weighted by atomic mass is 16.5. The number of hydrogen-bond acceptors (Lipinski definition) is 3. The molecule has 3 nitrogen and oxygen atoms in total. The third-order valence-electron chi connectivity index (χ3n) is 5.19. The summed E-state index contributed by atoms with van der Waals surface area (Å²) in [7, 11) is 0. The molecule has 108 valence electrons. The second-order valence-electron chi connectivity index (χ2n) is 6.51. The fourth-order valence-electron chi connectivity index (χ4n) is 4.17. The number of carbonyl (C=O) groups is 1. The standard InChI is InChI=1S/C16H27NO2/c18-16-9-2-1-7-14(16)15-8-3-4-10-17(15)12-13-6-5-11-19-13/h13-15H,1-12H2. The Kier molecular flexibility index (Phi) is 4.54. The number of Topliss-reactive ketones (excluding diaryl/α,β-unsaturated/α-hetero) is 1. The zero-order valence-corrected chi connectivity index (χ0v) is 12.0. The molecule has 19 heavy (non-hydrogen) atoms. The lowest BCUT2D eigenvalue weighted by atomic mass is 9.79. The van der Waals surface area contributed by atoms with Crippen LogP contribution >= 0.6 is 0 Å². The zero-order valence-electron chi connectivity index (χ0n) is 12.0. The molecule has 2 heterocycles. The van der Waals surface area contributed by atoms with Gasteiger partial charge in [-0.05, 0) is 45.1 Å². The Morgan fingerprint density at radius 2 is 1.95 bits per heavy atom. The third-order valence-corrected chi connectivity index (χ3v) is 5.19. The summed E-state index contributed by atoms with van der Waals surface area (Å²) in [6, 6.07) is 0.519. The second kappa shape index (κ2) is 6.36. The van der Waals surface area contributed by atoms with E-state index in [4.69, 9.17) is 4.74 Å². The molecule has 1 aliphatic carbocycles. The van der Waals surface area contributed by atoms with Crippen molar-refractivity contribution in [2.45, 2.75) is 69.9 Å². The molecule has 3 fully saturated rings. The Bertz CT molecular complexity index is 312. The van der Waals surface area contributed by atoms with Crippen LogP contribution in [0.4, 0.5) is 0 Å². The van der Waals surface area contributed by atoms with Crippen molar-refractivity contribution in [3.63, 3.8) is 0 Å². The van der Waals surface area contributed by atoms with Crippen LogP contribution in [0.3, 0.4) is 0 Å². The SMILES string of the molecule is O=C1CCCCC1C1CCCCN1CC1CCCO1. The quantitative estimate of drug-likeness (QED) is 0.786. The summed E-state index contributed by atoms with van der Waals surface area (Å²) in [4.78, 5) is 14.8. The molecular formula is C16H27NO2. The van der Waals surface area contributed by atoms with E-state index >= 15 is 0 Å². The van der Waals surface area contributed by atoms with Gasteiger partial charge in [-0.25, -0.2) is 0 Å². The molecule has 0 bridgehead atoms. The molecule has 2 aliphatic heterocycles. The average molecular weight is 265 g/mol. The van der Waals surface area contributed by atoms with Crippen LogP contribution in [0.25, 0.3) is 0 Å². The van der Waals surface area contributed by atoms with E-state index in [9.17, 15) is 4.79 Å². The highest BCUT2D eigenvalue weighted by Gasteiger charge is 2.36. The second-order valence-corrected chi connectivity index (χ2v) is 6.51. The summed E-state index contributed by atoms with van der Waals surface area (Å²) in [5.74, 6) is 0.867. The first-order valence-electron chi connectivity index (χ1n) is 8.23. The normalized spacial score (nSPS) is 37.7. The minimum atomic E-state index is 0.329. The number of rotatable bonds is 3. The van der Waals surface area contributed by atoms with Crippen molar-refractivity contribution < 1.29 is 9.53 Å². The van der Waals surface area contributed by atoms with Gasteiger partial charge in [0.1, 0.15) is 5.78 Å². The van der Waals surface area contributed by atoms with E-state index in [0.29, 0.717) is 23.8 Å². The van der Waals surface area contributed by atoms with E-state index in [2.05, 4.69) is 4.90 Å². The molecule has 3 atom stereocenters. The summed E-state index contributed by atoms with van der Waals surface area (Å²) in [5, 5.41) is 0. The Labute approximate surface area is 116 Å². The van der Waals surface area contributed by atoms with Crippen LogP contribution in [0.15, 0.2) is 0 Å². The number of likely N-dealkylation sites (tertiary alicyclic amines) is 1. The van der Waals surface area contributed by atoms with E-state index < -0.39 is 0 Å². The van der Waals surface area contributed by atoms with E-state index in [-0.39, 0.29) is 0 Å². The average Bonchev–Trinajstić information content (AvgIpc) is 2.93. The van der Waals surface area contributed by atoms with Gasteiger partial charge in [0.2, 0.25) is 0 Å². The highest BCUT2D eigenvalue weighted by Crippen LogP contribution is 2.32. The molecule has 0 N–H and O–H groups in total. The van der Waals surface area contributed by atoms with Crippen LogP contribution in [0.5, 0.6) is 0 Å². The molecule has 0 aromatic carbocycles. The van der Waals surface area contributed by atoms with Gasteiger partial charge in [0.05, 0.1) is 6.10 Å². The zero-order chi connectivity index (χ0) is 13.1. The maximum absolute atomic E-state index is 12.2. The molecule has 0 spiro atoms. The first-order valence-corrected chi connectivity index (χ1v) is 8.23. The number of hydrogen-bond donors (Lipinski definition) is 0. The lowest BCUT2D eigenvalue weighted by Crippen LogP contribution is -2.49. The van der Waals surface area contributed by atoms with Crippen LogP contribution < -0.4 is 0 Å². The van der Waals surface area contributed by atoms with Crippen molar-refractivity contribution in [2.75, 3.05) is 19.7 Å². The summed E-state index contributed by atoms with van der Waals surface area (Å²) >= 11 is 0. The topological polar surface area (TPSA) is 29.5 Å². The van der Waals surface area contributed by atoms with Crippen LogP contribution in [0, 0.1) is 5.92 Å². The van der Waals surface area contributed by atoms with Crippen molar-refractivity contribution in [3.8, 4) is 0 Å². The fourth-order valence-corrected chi connectivity index (χ4v) is 4.17. The minimum Gasteiger partial charge on any atom is -0.377 e. The maximum atomic E-state index is 12.2. The first-order chi connectivity index (χ1) is 9.34. The van der Waals surface area contributed by atoms with Gasteiger partial charge in [-0.2, -0.15) is 0 Å². The molecule has 3 heteroatoms. The van der Waals surface area contributed by atoms with Crippen molar-refractivity contribution in [2.24, 2.45) is 5.92 Å². The van der Waals surface area contributed by atoms with Crippen LogP contribution in [-0.2, 0) is 9.53 Å². The number of ketones is 1. The Hall–Kier alpha value is -0.410. The number of ether oxygens (including phenoxy) is 1. The summed E-state index contributed by atoms with van der Waals surface area (Å²) < 4.78 is 5.79. The molecular weight excluding hydrogens is 238 g/mol. The predicted octanol–water partition coefficient (Wildman–Crippen LogP) is 2.78. The van der Waals surface area contributed by atoms with Gasteiger partial charge in [-0.1, -0.05) is 12.8 Å². The Balaban J connectivity index is 1.63. The molecule has 3 rings (SSSR count). The van der Waals surface area contributed by atoms with E-state index in [1.807, 2.05) is 0 Å². The van der Waals surface area contributed by atoms with Gasteiger partial charge in [0.25, 0.3) is 0 Å². The minimum absolute atomic E-state index is 0.329. The number of nitrogens with zero attached hydrogens (tertiary/aromatic N) is 1. The summed E-state index contributed by atoms with van der Waals surface area (Å²) in [5.41, 5.74) is 0. The van der Waals surface area contributed by atoms with Crippen molar-refractivity contribution >= 4 is 5.78 Å². The molecule has 3 unspecified atom stereocenters. The molecule has 3 aliphatic rings. The van der Waals surface area contributed by atoms with E-state index in [1.54, 1.807) is 0 Å². The lowest BCUT2D eigenvalue weighted by molar-refractivity contribution is -0.128. The highest BCUT2D eigenvalue weighted by molar-refractivity contribution is 5.82. The lowest BCUT2D eigenvalue weighted by Gasteiger charge is -2.42. The predicted molar refractivity (Wildman–Crippen MR) is 75.2 cm³/mol. The van der Waals surface area contributed by atoms with Crippen LogP contribution in [-0.4, -0.2) is 42.5 Å². The van der Waals surface area contributed by atoms with Gasteiger partial charge >= 0.3 is 0 Å². The largest absolute Gasteiger partial charge is 0.377 e. The number of carbonyl (C=O) groups excluding carboxylic acids is 1. The van der Waals surface area contributed by atoms with Gasteiger partial charge in [-0.3, -0.25) is 9.69 Å². The van der Waals surface area contributed by atoms with Crippen LogP contribution in [0.1, 0.15) is 57.8 Å². The molecule has 0 aromatic heterocycles. The summed E-state index contributed by atoms with van der Waals surface area (Å²) in [6.45, 7) is 3.17. The summed E-state index contributed by atoms with van der Waals surface area (Å²) in [6.07, 6.45) is 11.0. The molecule has 0 amide bonds. The molecule has 2 saturated heterocycles. The van der Waals surface area contributed by atoms with Crippen molar-refractivity contribution in [1.29, 1.82) is 0 Å². The molecule has 1 saturated carbocycles. The smallest absolute Gasteiger partial charge is 0.137 e. The third kappa shape index (κ3) is 3.19. The van der Waals surface area contributed by atoms with Gasteiger partial charge < -0.3 is 4.74 Å². The molecule has 0 radical (unpaired) electrons. The van der Waals surface area contributed by atoms with Gasteiger partial charge in [0, 0.05) is 31.5 Å². The van der Waals surface area contributed by atoms with E-state index in [0.717, 1.165) is 32.4 Å². The molecule has 0 aromatic rings. The number of piperidine rings is 1. The van der Waals surface area contributed by atoms with Gasteiger partial charge in [-0.15, -0.1) is 0 Å². The van der Waals surface area contributed by atoms with Gasteiger partial charge in [0.15, 0.2) is 0 Å². The first kappa shape index (κ1) is 13.6. The monoisotopic (exact) mass is 265 g/mol. The van der Waals surface area contributed by atoms with E-state index in [1.165, 1.54) is 45.1 Å². The van der Waals surface area contributed by atoms with Crippen LogP contribution in [0.2, 0.25) is 0 Å². The Morgan fingerprint density at radius 1 is 1.05 bits per heavy atom. The Morgan fingerprint density at radius 3 is 2.74 bits per heavy atom.